The van der Waals surface area contributed by atoms with Gasteiger partial charge in [0, 0.05) is 6.42 Å². The molecule has 2 aromatic carbocycles. The maximum Gasteiger partial charge on any atom is 0.241 e. The van der Waals surface area contributed by atoms with E-state index in [9.17, 15) is 13.2 Å². The van der Waals surface area contributed by atoms with Gasteiger partial charge < -0.3 is 4.79 Å². The van der Waals surface area contributed by atoms with Crippen LogP contribution in [-0.2, 0) is 14.8 Å². The topological polar surface area (TPSA) is 63.2 Å². The number of aldehydes is 1. The summed E-state index contributed by atoms with van der Waals surface area (Å²) in [5, 5.41) is 0. The van der Waals surface area contributed by atoms with E-state index in [1.807, 2.05) is 25.1 Å². The number of hydrogen-bond acceptors (Lipinski definition) is 3. The number of benzene rings is 2. The Morgan fingerprint density at radius 3 is 2.24 bits per heavy atom. The smallest absolute Gasteiger partial charge is 0.241 e. The first-order valence-electron chi connectivity index (χ1n) is 6.60. The van der Waals surface area contributed by atoms with E-state index in [-0.39, 0.29) is 11.3 Å². The van der Waals surface area contributed by atoms with Gasteiger partial charge in [0.1, 0.15) is 6.29 Å². The lowest BCUT2D eigenvalue weighted by Gasteiger charge is -2.17. The highest BCUT2D eigenvalue weighted by molar-refractivity contribution is 7.89. The summed E-state index contributed by atoms with van der Waals surface area (Å²) in [6, 6.07) is 15.1. The minimum absolute atomic E-state index is 0.0924. The van der Waals surface area contributed by atoms with E-state index in [4.69, 9.17) is 0 Å². The second-order valence-corrected chi connectivity index (χ2v) is 6.51. The summed E-state index contributed by atoms with van der Waals surface area (Å²) in [7, 11) is -3.66. The molecule has 2 rings (SSSR count). The quantitative estimate of drug-likeness (QED) is 0.834. The van der Waals surface area contributed by atoms with Crippen molar-refractivity contribution in [2.75, 3.05) is 0 Å². The lowest BCUT2D eigenvalue weighted by atomic mass is 10.1. The van der Waals surface area contributed by atoms with Gasteiger partial charge in [0.05, 0.1) is 10.9 Å². The highest BCUT2D eigenvalue weighted by Crippen LogP contribution is 2.19. The molecule has 1 N–H and O–H groups in total. The van der Waals surface area contributed by atoms with Gasteiger partial charge in [0.15, 0.2) is 0 Å². The third kappa shape index (κ3) is 4.00. The van der Waals surface area contributed by atoms with Crippen LogP contribution in [0, 0.1) is 6.92 Å². The molecule has 0 spiro atoms. The fourth-order valence-corrected chi connectivity index (χ4v) is 3.24. The van der Waals surface area contributed by atoms with Gasteiger partial charge >= 0.3 is 0 Å². The van der Waals surface area contributed by atoms with Crippen LogP contribution in [0.2, 0.25) is 0 Å². The van der Waals surface area contributed by atoms with Gasteiger partial charge in [-0.15, -0.1) is 0 Å². The van der Waals surface area contributed by atoms with Crippen LogP contribution < -0.4 is 4.72 Å². The van der Waals surface area contributed by atoms with Crippen molar-refractivity contribution >= 4 is 16.3 Å². The summed E-state index contributed by atoms with van der Waals surface area (Å²) in [6.45, 7) is 1.89. The molecular formula is C16H17NO3S. The van der Waals surface area contributed by atoms with Crippen LogP contribution in [0.25, 0.3) is 0 Å². The Morgan fingerprint density at radius 2 is 1.67 bits per heavy atom. The number of carbonyl (C=O) groups excluding carboxylic acids is 1. The average molecular weight is 303 g/mol. The number of aryl methyl sites for hydroxylation is 1. The molecule has 0 radical (unpaired) electrons. The minimum atomic E-state index is -3.66. The van der Waals surface area contributed by atoms with Gasteiger partial charge in [0.25, 0.3) is 0 Å². The zero-order chi connectivity index (χ0) is 15.3. The molecule has 5 heteroatoms. The molecule has 0 unspecified atom stereocenters. The molecule has 0 bridgehead atoms. The zero-order valence-corrected chi connectivity index (χ0v) is 12.5. The Labute approximate surface area is 124 Å². The third-order valence-electron chi connectivity index (χ3n) is 3.16. The second kappa shape index (κ2) is 6.65. The molecule has 21 heavy (non-hydrogen) atoms. The van der Waals surface area contributed by atoms with Crippen molar-refractivity contribution in [1.29, 1.82) is 0 Å². The van der Waals surface area contributed by atoms with Crippen molar-refractivity contribution in [2.45, 2.75) is 24.3 Å². The lowest BCUT2D eigenvalue weighted by Crippen LogP contribution is -2.29. The maximum absolute atomic E-state index is 12.4. The molecule has 0 amide bonds. The van der Waals surface area contributed by atoms with Crippen molar-refractivity contribution in [3.8, 4) is 0 Å². The van der Waals surface area contributed by atoms with Crippen LogP contribution in [-0.4, -0.2) is 14.7 Å². The molecule has 0 fully saturated rings. The Balaban J connectivity index is 2.27. The second-order valence-electron chi connectivity index (χ2n) is 4.80. The molecule has 0 aromatic heterocycles. The molecule has 0 aliphatic rings. The van der Waals surface area contributed by atoms with Crippen LogP contribution in [0.5, 0.6) is 0 Å². The van der Waals surface area contributed by atoms with Crippen LogP contribution in [0.1, 0.15) is 23.6 Å². The monoisotopic (exact) mass is 303 g/mol. The molecule has 0 saturated carbocycles. The third-order valence-corrected chi connectivity index (χ3v) is 4.65. The predicted molar refractivity (Wildman–Crippen MR) is 81.4 cm³/mol. The van der Waals surface area contributed by atoms with Crippen LogP contribution >= 0.6 is 0 Å². The minimum Gasteiger partial charge on any atom is -0.303 e. The lowest BCUT2D eigenvalue weighted by molar-refractivity contribution is -0.108. The van der Waals surface area contributed by atoms with Gasteiger partial charge in [-0.05, 0) is 24.6 Å². The van der Waals surface area contributed by atoms with Gasteiger partial charge in [-0.25, -0.2) is 13.1 Å². The summed E-state index contributed by atoms with van der Waals surface area (Å²) in [4.78, 5) is 11.0. The number of carbonyl (C=O) groups is 1. The fourth-order valence-electron chi connectivity index (χ4n) is 2.01. The first-order chi connectivity index (χ1) is 10.0. The average Bonchev–Trinajstić information content (AvgIpc) is 2.48. The van der Waals surface area contributed by atoms with Crippen LogP contribution in [0.4, 0.5) is 0 Å². The SMILES string of the molecule is Cc1ccc(S(=O)(=O)N[C@H](CC=O)c2ccccc2)cc1. The van der Waals surface area contributed by atoms with Crippen molar-refractivity contribution in [1.82, 2.24) is 4.72 Å². The van der Waals surface area contributed by atoms with Crippen molar-refractivity contribution < 1.29 is 13.2 Å². The number of nitrogens with one attached hydrogen (secondary N) is 1. The summed E-state index contributed by atoms with van der Waals surface area (Å²) in [5.74, 6) is 0. The van der Waals surface area contributed by atoms with E-state index in [1.54, 1.807) is 36.4 Å². The standard InChI is InChI=1S/C16H17NO3S/c1-13-7-9-15(10-8-13)21(19,20)17-16(11-12-18)14-5-3-2-4-6-14/h2-10,12,16-17H,11H2,1H3/t16-/m1/s1. The molecule has 2 aromatic rings. The summed E-state index contributed by atoms with van der Waals surface area (Å²) < 4.78 is 27.3. The van der Waals surface area contributed by atoms with Crippen LogP contribution in [0.3, 0.4) is 0 Å². The van der Waals surface area contributed by atoms with E-state index >= 15 is 0 Å². The first kappa shape index (κ1) is 15.4. The maximum atomic E-state index is 12.4. The summed E-state index contributed by atoms with van der Waals surface area (Å²) in [6.07, 6.45) is 0.810. The van der Waals surface area contributed by atoms with Gasteiger partial charge in [0.2, 0.25) is 10.0 Å². The van der Waals surface area contributed by atoms with E-state index in [1.165, 1.54) is 0 Å². The molecule has 0 aliphatic carbocycles. The van der Waals surface area contributed by atoms with Gasteiger partial charge in [-0.3, -0.25) is 0 Å². The molecular weight excluding hydrogens is 286 g/mol. The normalized spacial score (nSPS) is 12.8. The fraction of sp³-hybridized carbons (Fsp3) is 0.188. The molecule has 110 valence electrons. The molecule has 0 saturated heterocycles. The molecule has 1 atom stereocenters. The Hall–Kier alpha value is -1.98. The van der Waals surface area contributed by atoms with E-state index in [2.05, 4.69) is 4.72 Å². The summed E-state index contributed by atoms with van der Waals surface area (Å²) in [5.41, 5.74) is 1.75. The number of hydrogen-bond donors (Lipinski definition) is 1. The number of sulfonamides is 1. The Kier molecular flexibility index (Phi) is 4.88. The Morgan fingerprint density at radius 1 is 1.05 bits per heavy atom. The largest absolute Gasteiger partial charge is 0.303 e. The Bertz CT molecular complexity index is 694. The van der Waals surface area contributed by atoms with Gasteiger partial charge in [-0.1, -0.05) is 48.0 Å². The highest BCUT2D eigenvalue weighted by Gasteiger charge is 2.20. The van der Waals surface area contributed by atoms with Crippen molar-refractivity contribution in [3.63, 3.8) is 0 Å². The summed E-state index contributed by atoms with van der Waals surface area (Å²) >= 11 is 0. The first-order valence-corrected chi connectivity index (χ1v) is 8.09. The molecule has 0 heterocycles. The van der Waals surface area contributed by atoms with Crippen molar-refractivity contribution in [3.05, 3.63) is 65.7 Å². The number of rotatable bonds is 6. The van der Waals surface area contributed by atoms with E-state index in [0.717, 1.165) is 17.4 Å². The van der Waals surface area contributed by atoms with Crippen LogP contribution in [0.15, 0.2) is 59.5 Å². The predicted octanol–water partition coefficient (Wildman–Crippen LogP) is 2.60. The van der Waals surface area contributed by atoms with Gasteiger partial charge in [-0.2, -0.15) is 0 Å². The van der Waals surface area contributed by atoms with Crippen molar-refractivity contribution in [2.24, 2.45) is 0 Å². The zero-order valence-electron chi connectivity index (χ0n) is 11.7. The molecule has 0 aliphatic heterocycles. The van der Waals surface area contributed by atoms with E-state index < -0.39 is 16.1 Å². The molecule has 4 nitrogen and oxygen atoms in total. The van der Waals surface area contributed by atoms with E-state index in [0.29, 0.717) is 0 Å². The highest BCUT2D eigenvalue weighted by atomic mass is 32.2.